The largest absolute Gasteiger partial charge is 0.383 e. The third-order valence-corrected chi connectivity index (χ3v) is 5.82. The second-order valence-electron chi connectivity index (χ2n) is 7.41. The summed E-state index contributed by atoms with van der Waals surface area (Å²) in [6, 6.07) is 8.62. The van der Waals surface area contributed by atoms with Gasteiger partial charge in [0.05, 0.1) is 30.1 Å². The highest BCUT2D eigenvalue weighted by atomic mass is 16.5. The molecule has 0 saturated carbocycles. The monoisotopic (exact) mass is 356 g/mol. The van der Waals surface area contributed by atoms with E-state index in [9.17, 15) is 4.79 Å². The maximum Gasteiger partial charge on any atom is 0.227 e. The third-order valence-electron chi connectivity index (χ3n) is 5.82. The Morgan fingerprint density at radius 1 is 1.23 bits per heavy atom. The molecule has 1 amide bonds. The Bertz CT molecular complexity index is 787. The molecule has 1 aromatic carbocycles. The molecule has 3 aliphatic heterocycles. The van der Waals surface area contributed by atoms with Crippen molar-refractivity contribution in [3.05, 3.63) is 30.1 Å². The van der Waals surface area contributed by atoms with Crippen LogP contribution < -0.4 is 0 Å². The fourth-order valence-electron chi connectivity index (χ4n) is 4.54. The summed E-state index contributed by atoms with van der Waals surface area (Å²) in [6.07, 6.45) is 2.11. The highest BCUT2D eigenvalue weighted by molar-refractivity contribution is 5.80. The summed E-state index contributed by atoms with van der Waals surface area (Å²) in [4.78, 5) is 22.2. The second kappa shape index (κ2) is 7.37. The van der Waals surface area contributed by atoms with Gasteiger partial charge in [-0.3, -0.25) is 9.69 Å². The fraction of sp³-hybridized carbons (Fsp3) is 0.600. The van der Waals surface area contributed by atoms with E-state index in [-0.39, 0.29) is 5.92 Å². The molecular weight excluding hydrogens is 328 g/mol. The van der Waals surface area contributed by atoms with Gasteiger partial charge in [0.25, 0.3) is 0 Å². The number of rotatable bonds is 6. The number of carbonyl (C=O) groups is 1. The number of amides is 1. The van der Waals surface area contributed by atoms with Crippen molar-refractivity contribution in [3.8, 4) is 0 Å². The van der Waals surface area contributed by atoms with Gasteiger partial charge in [0, 0.05) is 39.3 Å². The number of hydrogen-bond donors (Lipinski definition) is 0. The van der Waals surface area contributed by atoms with Crippen LogP contribution in [0.2, 0.25) is 0 Å². The molecule has 4 heterocycles. The summed E-state index contributed by atoms with van der Waals surface area (Å²) < 4.78 is 7.51. The lowest BCUT2D eigenvalue weighted by atomic mass is 9.94. The average molecular weight is 356 g/mol. The first-order valence-corrected chi connectivity index (χ1v) is 9.67. The maximum absolute atomic E-state index is 12.8. The summed E-state index contributed by atoms with van der Waals surface area (Å²) in [7, 11) is 1.70. The minimum Gasteiger partial charge on any atom is -0.383 e. The number of nitrogens with zero attached hydrogens (tertiary/aromatic N) is 4. The minimum absolute atomic E-state index is 0.116. The Kier molecular flexibility index (Phi) is 4.96. The molecule has 2 bridgehead atoms. The Morgan fingerprint density at radius 3 is 2.88 bits per heavy atom. The molecule has 5 rings (SSSR count). The van der Waals surface area contributed by atoms with Crippen LogP contribution in [0.25, 0.3) is 11.0 Å². The van der Waals surface area contributed by atoms with E-state index < -0.39 is 0 Å². The molecule has 0 aliphatic carbocycles. The van der Waals surface area contributed by atoms with Gasteiger partial charge in [-0.25, -0.2) is 4.98 Å². The van der Waals surface area contributed by atoms with Crippen molar-refractivity contribution in [2.45, 2.75) is 38.9 Å². The number of ether oxygens (including phenoxy) is 1. The topological polar surface area (TPSA) is 50.6 Å². The Hall–Kier alpha value is -1.92. The molecule has 140 valence electrons. The number of para-hydroxylation sites is 2. The van der Waals surface area contributed by atoms with Crippen LogP contribution >= 0.6 is 0 Å². The molecule has 1 aromatic heterocycles. The van der Waals surface area contributed by atoms with E-state index in [2.05, 4.69) is 39.5 Å². The number of piperidine rings is 1. The summed E-state index contributed by atoms with van der Waals surface area (Å²) in [5.74, 6) is 1.53. The van der Waals surface area contributed by atoms with Crippen molar-refractivity contribution >= 4 is 16.9 Å². The van der Waals surface area contributed by atoms with E-state index >= 15 is 0 Å². The second-order valence-corrected chi connectivity index (χ2v) is 7.41. The van der Waals surface area contributed by atoms with E-state index in [1.807, 2.05) is 6.07 Å². The summed E-state index contributed by atoms with van der Waals surface area (Å²) in [5, 5.41) is 0. The van der Waals surface area contributed by atoms with Crippen LogP contribution in [0.4, 0.5) is 0 Å². The number of hydrogen-bond acceptors (Lipinski definition) is 4. The first-order chi connectivity index (χ1) is 12.7. The van der Waals surface area contributed by atoms with Crippen molar-refractivity contribution in [2.75, 3.05) is 33.4 Å². The van der Waals surface area contributed by atoms with E-state index in [4.69, 9.17) is 9.72 Å². The van der Waals surface area contributed by atoms with Gasteiger partial charge in [-0.1, -0.05) is 12.1 Å². The molecule has 2 aromatic rings. The van der Waals surface area contributed by atoms with Crippen LogP contribution in [-0.2, 0) is 22.6 Å². The van der Waals surface area contributed by atoms with Gasteiger partial charge < -0.3 is 14.2 Å². The van der Waals surface area contributed by atoms with Gasteiger partial charge in [0.2, 0.25) is 5.91 Å². The van der Waals surface area contributed by atoms with Crippen LogP contribution in [0, 0.1) is 5.92 Å². The number of carbonyl (C=O) groups excluding carboxylic acids is 1. The Balaban J connectivity index is 1.56. The molecule has 0 spiro atoms. The first kappa shape index (κ1) is 17.5. The zero-order valence-corrected chi connectivity index (χ0v) is 15.7. The highest BCUT2D eigenvalue weighted by Crippen LogP contribution is 2.30. The molecule has 3 aliphatic rings. The van der Waals surface area contributed by atoms with Crippen LogP contribution in [0.5, 0.6) is 0 Å². The van der Waals surface area contributed by atoms with Crippen LogP contribution in [0.15, 0.2) is 24.3 Å². The van der Waals surface area contributed by atoms with E-state index in [1.165, 1.54) is 5.52 Å². The lowest BCUT2D eigenvalue weighted by Crippen LogP contribution is -2.49. The molecular formula is C20H28N4O2. The van der Waals surface area contributed by atoms with Gasteiger partial charge in [-0.2, -0.15) is 0 Å². The fourth-order valence-corrected chi connectivity index (χ4v) is 4.54. The van der Waals surface area contributed by atoms with Crippen molar-refractivity contribution in [1.82, 2.24) is 19.4 Å². The summed E-state index contributed by atoms with van der Waals surface area (Å²) in [5.41, 5.74) is 2.25. The molecule has 0 N–H and O–H groups in total. The molecule has 26 heavy (non-hydrogen) atoms. The predicted molar refractivity (Wildman–Crippen MR) is 101 cm³/mol. The number of benzene rings is 1. The van der Waals surface area contributed by atoms with Crippen molar-refractivity contribution in [3.63, 3.8) is 0 Å². The van der Waals surface area contributed by atoms with Gasteiger partial charge in [0.1, 0.15) is 5.82 Å². The molecule has 6 heteroatoms. The standard InChI is InChI=1S/C20H28N4O2/c1-3-23-18-7-5-4-6-17(18)21-19(23)14-22-12-15-8-9-16(13-22)24(20(15)25)10-11-26-2/h4-7,15-16H,3,8-14H2,1-2H3/t15-,16+/m0/s1. The van der Waals surface area contributed by atoms with Crippen molar-refractivity contribution < 1.29 is 9.53 Å². The number of aryl methyl sites for hydroxylation is 1. The van der Waals surface area contributed by atoms with Crippen molar-refractivity contribution in [2.24, 2.45) is 5.92 Å². The van der Waals surface area contributed by atoms with Gasteiger partial charge >= 0.3 is 0 Å². The van der Waals surface area contributed by atoms with E-state index in [0.29, 0.717) is 25.1 Å². The molecule has 0 radical (unpaired) electrons. The van der Waals surface area contributed by atoms with E-state index in [0.717, 1.165) is 50.4 Å². The summed E-state index contributed by atoms with van der Waals surface area (Å²) in [6.45, 7) is 6.97. The molecule has 3 saturated heterocycles. The number of fused-ring (bicyclic) bond motifs is 5. The minimum atomic E-state index is 0.116. The number of imidazole rings is 1. The van der Waals surface area contributed by atoms with Crippen LogP contribution in [-0.4, -0.2) is 64.7 Å². The Morgan fingerprint density at radius 2 is 2.08 bits per heavy atom. The Labute approximate surface area is 154 Å². The van der Waals surface area contributed by atoms with Crippen LogP contribution in [0.3, 0.4) is 0 Å². The number of methoxy groups -OCH3 is 1. The quantitative estimate of drug-likeness (QED) is 0.796. The highest BCUT2D eigenvalue weighted by Gasteiger charge is 2.40. The van der Waals surface area contributed by atoms with Gasteiger partial charge in [0.15, 0.2) is 0 Å². The molecule has 3 fully saturated rings. The zero-order valence-electron chi connectivity index (χ0n) is 15.7. The lowest BCUT2D eigenvalue weighted by Gasteiger charge is -2.35. The van der Waals surface area contributed by atoms with Crippen molar-refractivity contribution in [1.29, 1.82) is 0 Å². The normalized spacial score (nSPS) is 23.8. The first-order valence-electron chi connectivity index (χ1n) is 9.67. The van der Waals surface area contributed by atoms with Crippen LogP contribution in [0.1, 0.15) is 25.6 Å². The van der Waals surface area contributed by atoms with Gasteiger partial charge in [-0.15, -0.1) is 0 Å². The molecule has 0 unspecified atom stereocenters. The van der Waals surface area contributed by atoms with Gasteiger partial charge in [-0.05, 0) is 31.9 Å². The lowest BCUT2D eigenvalue weighted by molar-refractivity contribution is -0.140. The summed E-state index contributed by atoms with van der Waals surface area (Å²) >= 11 is 0. The van der Waals surface area contributed by atoms with E-state index in [1.54, 1.807) is 7.11 Å². The third kappa shape index (κ3) is 3.12. The average Bonchev–Trinajstić information content (AvgIpc) is 2.78. The zero-order chi connectivity index (χ0) is 18.1. The predicted octanol–water partition coefficient (Wildman–Crippen LogP) is 2.13. The molecule has 2 atom stereocenters. The maximum atomic E-state index is 12.8. The number of aromatic nitrogens is 2. The SMILES string of the molecule is CCn1c(CN2C[C@@H]3CC[C@H](C2)N(CCOC)C3=O)nc2ccccc21. The molecule has 6 nitrogen and oxygen atoms in total. The smallest absolute Gasteiger partial charge is 0.227 e.